The summed E-state index contributed by atoms with van der Waals surface area (Å²) < 4.78 is 34.8. The standard InChI is InChI=1S/C92H154NO8P/c1-6-8-10-12-14-16-18-20-22-24-26-28-30-32-34-36-38-40-42-44-45-46-47-49-51-53-55-57-59-61-63-65-67-69-71-73-75-77-79-81-83-85-92(95)101-90(89-100-102(96,97)99-87-86-93(3,4)5)88-98-91(94)84-82-80-78-76-74-72-70-68-66-64-62-60-58-56-54-52-50-48-43-41-39-37-35-33-31-29-27-25-23-21-19-17-15-13-11-9-7-2/h8-11,14-17,20-23,26-29,32-35,38-41,44-45,47,49,53,55,90H,6-7,12-13,18-19,24-25,30-31,36-37,42-43,46,48,50-52,54,56-89H2,1-5H3/p+1/b10-8-,11-9-,16-14-,17-15-,22-20-,23-21-,28-26-,29-27-,34-32-,35-33-,40-38-,41-39-,45-44-,49-47-,55-53-. The van der Waals surface area contributed by atoms with Gasteiger partial charge in [-0.25, -0.2) is 4.57 Å². The molecule has 0 spiro atoms. The Bertz CT molecular complexity index is 2390. The van der Waals surface area contributed by atoms with E-state index in [2.05, 4.69) is 196 Å². The number of nitrogens with zero attached hydrogens (tertiary/aromatic N) is 1. The Morgan fingerprint density at radius 3 is 0.784 bits per heavy atom. The van der Waals surface area contributed by atoms with Gasteiger partial charge in [0.1, 0.15) is 19.8 Å². The van der Waals surface area contributed by atoms with E-state index >= 15 is 0 Å². The van der Waals surface area contributed by atoms with Crippen molar-refractivity contribution in [3.05, 3.63) is 182 Å². The number of esters is 2. The maximum atomic E-state index is 12.9. The van der Waals surface area contributed by atoms with Crippen molar-refractivity contribution < 1.29 is 42.1 Å². The van der Waals surface area contributed by atoms with Crippen LogP contribution in [0.25, 0.3) is 0 Å². The number of ether oxygens (including phenoxy) is 2. The fraction of sp³-hybridized carbons (Fsp3) is 0.652. The highest BCUT2D eigenvalue weighted by atomic mass is 31.2. The molecule has 0 saturated carbocycles. The first-order valence-corrected chi connectivity index (χ1v) is 43.0. The summed E-state index contributed by atoms with van der Waals surface area (Å²) in [7, 11) is 1.47. The zero-order chi connectivity index (χ0) is 74.0. The number of phosphoric ester groups is 1. The van der Waals surface area contributed by atoms with E-state index in [-0.39, 0.29) is 32.0 Å². The van der Waals surface area contributed by atoms with Gasteiger partial charge >= 0.3 is 19.8 Å². The van der Waals surface area contributed by atoms with Crippen molar-refractivity contribution in [1.82, 2.24) is 0 Å². The van der Waals surface area contributed by atoms with E-state index in [9.17, 15) is 19.0 Å². The van der Waals surface area contributed by atoms with Crippen molar-refractivity contribution in [3.63, 3.8) is 0 Å². The number of hydrogen-bond donors (Lipinski definition) is 1. The van der Waals surface area contributed by atoms with Gasteiger partial charge in [-0.1, -0.05) is 369 Å². The molecule has 0 bridgehead atoms. The summed E-state index contributed by atoms with van der Waals surface area (Å²) in [5.74, 6) is -0.796. The highest BCUT2D eigenvalue weighted by molar-refractivity contribution is 7.47. The van der Waals surface area contributed by atoms with E-state index in [0.717, 1.165) is 135 Å². The summed E-state index contributed by atoms with van der Waals surface area (Å²) in [5, 5.41) is 0. The minimum absolute atomic E-state index is 0.0258. The molecule has 102 heavy (non-hydrogen) atoms. The number of phosphoric acid groups is 1. The number of quaternary nitrogens is 1. The van der Waals surface area contributed by atoms with Gasteiger partial charge in [0.2, 0.25) is 0 Å². The van der Waals surface area contributed by atoms with Crippen LogP contribution in [0.2, 0.25) is 0 Å². The van der Waals surface area contributed by atoms with Crippen LogP contribution in [0.1, 0.15) is 335 Å². The second-order valence-electron chi connectivity index (χ2n) is 28.4. The molecule has 0 aliphatic carbocycles. The quantitative estimate of drug-likeness (QED) is 0.0211. The van der Waals surface area contributed by atoms with E-state index in [1.807, 2.05) is 21.1 Å². The third-order valence-corrected chi connectivity index (χ3v) is 18.4. The largest absolute Gasteiger partial charge is 0.472 e. The molecule has 580 valence electrons. The molecule has 0 aliphatic heterocycles. The summed E-state index contributed by atoms with van der Waals surface area (Å²) in [6.07, 6.45) is 123. The van der Waals surface area contributed by atoms with Gasteiger partial charge in [0.25, 0.3) is 0 Å². The first kappa shape index (κ1) is 97.1. The zero-order valence-corrected chi connectivity index (χ0v) is 67.2. The third kappa shape index (κ3) is 84.1. The van der Waals surface area contributed by atoms with Crippen molar-refractivity contribution in [3.8, 4) is 0 Å². The number of allylic oxidation sites excluding steroid dienone is 30. The lowest BCUT2D eigenvalue weighted by molar-refractivity contribution is -0.870. The lowest BCUT2D eigenvalue weighted by Crippen LogP contribution is -2.37. The second kappa shape index (κ2) is 80.2. The van der Waals surface area contributed by atoms with Crippen molar-refractivity contribution in [1.29, 1.82) is 0 Å². The molecule has 0 saturated heterocycles. The monoisotopic (exact) mass is 1430 g/mol. The Balaban J connectivity index is 4.00. The van der Waals surface area contributed by atoms with E-state index in [1.165, 1.54) is 167 Å². The predicted octanol–water partition coefficient (Wildman–Crippen LogP) is 28.2. The fourth-order valence-corrected chi connectivity index (χ4v) is 11.9. The van der Waals surface area contributed by atoms with Crippen LogP contribution in [-0.4, -0.2) is 74.9 Å². The molecule has 0 heterocycles. The summed E-state index contributed by atoms with van der Waals surface area (Å²) in [6, 6.07) is 0. The van der Waals surface area contributed by atoms with Gasteiger partial charge in [-0.2, -0.15) is 0 Å². The Labute approximate surface area is 629 Å². The van der Waals surface area contributed by atoms with E-state index in [0.29, 0.717) is 17.4 Å². The maximum absolute atomic E-state index is 12.9. The normalized spacial score (nSPS) is 14.0. The van der Waals surface area contributed by atoms with Crippen LogP contribution in [0.4, 0.5) is 0 Å². The molecule has 0 aromatic heterocycles. The Morgan fingerprint density at radius 1 is 0.304 bits per heavy atom. The van der Waals surface area contributed by atoms with Crippen molar-refractivity contribution >= 4 is 19.8 Å². The molecule has 9 nitrogen and oxygen atoms in total. The van der Waals surface area contributed by atoms with Crippen molar-refractivity contribution in [2.45, 2.75) is 341 Å². The minimum Gasteiger partial charge on any atom is -0.462 e. The summed E-state index contributed by atoms with van der Waals surface area (Å²) in [6.45, 7) is 4.22. The molecule has 10 heteroatoms. The molecular formula is C92H155NO8P+. The first-order valence-electron chi connectivity index (χ1n) is 41.5. The van der Waals surface area contributed by atoms with Crippen LogP contribution in [0.3, 0.4) is 0 Å². The van der Waals surface area contributed by atoms with E-state index in [4.69, 9.17) is 18.5 Å². The minimum atomic E-state index is -4.41. The first-order chi connectivity index (χ1) is 50.0. The molecular weight excluding hydrogens is 1280 g/mol. The lowest BCUT2D eigenvalue weighted by atomic mass is 10.0. The average Bonchev–Trinajstić information content (AvgIpc) is 0.916. The van der Waals surface area contributed by atoms with Crippen LogP contribution in [0, 0.1) is 0 Å². The highest BCUT2D eigenvalue weighted by Gasteiger charge is 2.27. The summed E-state index contributed by atoms with van der Waals surface area (Å²) in [5.41, 5.74) is 0. The van der Waals surface area contributed by atoms with Gasteiger partial charge < -0.3 is 18.9 Å². The smallest absolute Gasteiger partial charge is 0.462 e. The van der Waals surface area contributed by atoms with Crippen molar-refractivity contribution in [2.75, 3.05) is 47.5 Å². The number of likely N-dealkylation sites (N-methyl/N-ethyl adjacent to an activating group) is 1. The molecule has 0 amide bonds. The molecule has 0 radical (unpaired) electrons. The fourth-order valence-electron chi connectivity index (χ4n) is 11.2. The number of carbonyl (C=O) groups is 2. The highest BCUT2D eigenvalue weighted by Crippen LogP contribution is 2.43. The number of hydrogen-bond acceptors (Lipinski definition) is 7. The molecule has 0 rings (SSSR count). The topological polar surface area (TPSA) is 108 Å². The van der Waals surface area contributed by atoms with Gasteiger partial charge in [0.15, 0.2) is 6.10 Å². The van der Waals surface area contributed by atoms with Crippen LogP contribution in [-0.2, 0) is 32.7 Å². The van der Waals surface area contributed by atoms with Gasteiger partial charge in [-0.15, -0.1) is 0 Å². The van der Waals surface area contributed by atoms with Gasteiger partial charge in [-0.05, 0) is 135 Å². The van der Waals surface area contributed by atoms with Gasteiger partial charge in [-0.3, -0.25) is 18.6 Å². The Morgan fingerprint density at radius 2 is 0.529 bits per heavy atom. The summed E-state index contributed by atoms with van der Waals surface area (Å²) in [4.78, 5) is 36.0. The van der Waals surface area contributed by atoms with Gasteiger partial charge in [0, 0.05) is 12.8 Å². The Hall–Kier alpha value is -4.89. The maximum Gasteiger partial charge on any atom is 0.472 e. The molecule has 2 unspecified atom stereocenters. The number of carbonyl (C=O) groups excluding carboxylic acids is 2. The Kier molecular flexibility index (Phi) is 76.4. The number of unbranched alkanes of at least 4 members (excludes halogenated alkanes) is 31. The second-order valence-corrected chi connectivity index (χ2v) is 29.8. The third-order valence-electron chi connectivity index (χ3n) is 17.4. The molecule has 1 N–H and O–H groups in total. The molecule has 0 fully saturated rings. The van der Waals surface area contributed by atoms with Gasteiger partial charge in [0.05, 0.1) is 27.7 Å². The van der Waals surface area contributed by atoms with Crippen LogP contribution in [0.15, 0.2) is 182 Å². The summed E-state index contributed by atoms with van der Waals surface area (Å²) >= 11 is 0. The van der Waals surface area contributed by atoms with Crippen molar-refractivity contribution in [2.24, 2.45) is 0 Å². The number of rotatable bonds is 75. The van der Waals surface area contributed by atoms with Crippen LogP contribution >= 0.6 is 7.82 Å². The van der Waals surface area contributed by atoms with Crippen LogP contribution < -0.4 is 0 Å². The zero-order valence-electron chi connectivity index (χ0n) is 66.3. The lowest BCUT2D eigenvalue weighted by Gasteiger charge is -2.24. The SMILES string of the molecule is CC/C=C\C/C=C\C/C=C\C/C=C\C/C=C\C/C=C\C/C=C\C/C=C\C/C=C\CCCCCCCCCCCCCCCC(=O)OC(COC(=O)CCCCCCCCCCCCCCCCCCCC/C=C\C/C=C\C/C=C\C/C=C\C/C=C\C/C=C\CC)COP(=O)(O)OCC[N+](C)(C)C. The average molecular weight is 1430 g/mol. The predicted molar refractivity (Wildman–Crippen MR) is 445 cm³/mol. The van der Waals surface area contributed by atoms with Crippen LogP contribution in [0.5, 0.6) is 0 Å². The molecule has 0 aromatic carbocycles. The van der Waals surface area contributed by atoms with E-state index in [1.54, 1.807) is 0 Å². The molecule has 0 aliphatic rings. The van der Waals surface area contributed by atoms with E-state index < -0.39 is 26.5 Å². The molecule has 2 atom stereocenters. The molecule has 0 aromatic rings.